The minimum atomic E-state index is -0.875. The van der Waals surface area contributed by atoms with Gasteiger partial charge in [0.05, 0.1) is 18.4 Å². The first-order valence-electron chi connectivity index (χ1n) is 9.91. The summed E-state index contributed by atoms with van der Waals surface area (Å²) in [6, 6.07) is 12.8. The number of aliphatic carboxylic acids is 1. The Bertz CT molecular complexity index is 923. The zero-order valence-corrected chi connectivity index (χ0v) is 17.4. The van der Waals surface area contributed by atoms with Crippen molar-refractivity contribution in [3.63, 3.8) is 0 Å². The number of carboxylic acids is 1. The van der Waals surface area contributed by atoms with Crippen LogP contribution in [-0.2, 0) is 4.79 Å². The highest BCUT2D eigenvalue weighted by Crippen LogP contribution is 2.35. The summed E-state index contributed by atoms with van der Waals surface area (Å²) in [5.74, 6) is 7.25. The number of hydrogen-bond acceptors (Lipinski definition) is 5. The lowest BCUT2D eigenvalue weighted by atomic mass is 9.96. The first-order valence-corrected chi connectivity index (χ1v) is 9.91. The van der Waals surface area contributed by atoms with Crippen LogP contribution in [0.2, 0.25) is 0 Å². The third-order valence-corrected chi connectivity index (χ3v) is 4.42. The molecule has 1 N–H and O–H groups in total. The fourth-order valence-corrected chi connectivity index (χ4v) is 3.11. The van der Waals surface area contributed by atoms with Gasteiger partial charge in [0.25, 0.3) is 0 Å². The van der Waals surface area contributed by atoms with Crippen LogP contribution in [0, 0.1) is 11.8 Å². The van der Waals surface area contributed by atoms with Crippen LogP contribution >= 0.6 is 0 Å². The highest BCUT2D eigenvalue weighted by molar-refractivity contribution is 5.69. The summed E-state index contributed by atoms with van der Waals surface area (Å²) in [5.41, 5.74) is 0.850. The van der Waals surface area contributed by atoms with Crippen molar-refractivity contribution >= 4 is 5.97 Å². The van der Waals surface area contributed by atoms with Gasteiger partial charge in [-0.3, -0.25) is 4.79 Å². The third kappa shape index (κ3) is 5.84. The van der Waals surface area contributed by atoms with Crippen LogP contribution in [0.3, 0.4) is 0 Å². The molecule has 6 nitrogen and oxygen atoms in total. The molecule has 0 aliphatic carbocycles. The van der Waals surface area contributed by atoms with E-state index in [4.69, 9.17) is 24.1 Å². The minimum absolute atomic E-state index is 0.0315. The van der Waals surface area contributed by atoms with E-state index in [-0.39, 0.29) is 24.5 Å². The molecule has 6 heteroatoms. The lowest BCUT2D eigenvalue weighted by Gasteiger charge is -2.27. The Morgan fingerprint density at radius 1 is 1.17 bits per heavy atom. The van der Waals surface area contributed by atoms with Crippen molar-refractivity contribution in [2.24, 2.45) is 0 Å². The monoisotopic (exact) mass is 410 g/mol. The van der Waals surface area contributed by atoms with E-state index in [0.717, 1.165) is 11.3 Å². The molecule has 0 aromatic heterocycles. The molecular formula is C24H26O6. The Morgan fingerprint density at radius 3 is 2.57 bits per heavy atom. The molecule has 2 aromatic carbocycles. The van der Waals surface area contributed by atoms with Crippen LogP contribution in [0.5, 0.6) is 23.0 Å². The molecule has 0 spiro atoms. The van der Waals surface area contributed by atoms with Gasteiger partial charge in [-0.15, -0.1) is 5.92 Å². The van der Waals surface area contributed by atoms with E-state index in [1.165, 1.54) is 0 Å². The van der Waals surface area contributed by atoms with E-state index < -0.39 is 5.97 Å². The van der Waals surface area contributed by atoms with Crippen LogP contribution in [0.15, 0.2) is 42.5 Å². The second kappa shape index (κ2) is 9.93. The summed E-state index contributed by atoms with van der Waals surface area (Å²) in [6.07, 6.45) is -0.207. The molecule has 30 heavy (non-hydrogen) atoms. The SMILES string of the molecule is CC#C[C@@H](CC(=O)O)c1ccc(OC[C@H]2COc3ccc(OC(C)C)cc3O2)cc1. The molecule has 2 aromatic rings. The normalized spacial score (nSPS) is 15.7. The van der Waals surface area contributed by atoms with E-state index >= 15 is 0 Å². The smallest absolute Gasteiger partial charge is 0.304 e. The number of rotatable bonds is 8. The molecule has 0 amide bonds. The molecule has 1 aliphatic rings. The fourth-order valence-electron chi connectivity index (χ4n) is 3.11. The summed E-state index contributed by atoms with van der Waals surface area (Å²) in [6.45, 7) is 6.35. The molecule has 1 heterocycles. The number of hydrogen-bond donors (Lipinski definition) is 1. The molecule has 3 rings (SSSR count). The minimum Gasteiger partial charge on any atom is -0.491 e. The zero-order valence-electron chi connectivity index (χ0n) is 17.4. The average molecular weight is 410 g/mol. The maximum atomic E-state index is 11.0. The van der Waals surface area contributed by atoms with Gasteiger partial charge in [0.2, 0.25) is 0 Å². The molecule has 158 valence electrons. The molecule has 0 radical (unpaired) electrons. The second-order valence-electron chi connectivity index (χ2n) is 7.25. The van der Waals surface area contributed by atoms with Crippen molar-refractivity contribution in [3.8, 4) is 34.8 Å². The topological polar surface area (TPSA) is 74.2 Å². The Hall–Kier alpha value is -3.33. The van der Waals surface area contributed by atoms with Crippen LogP contribution in [0.1, 0.15) is 38.7 Å². The summed E-state index contributed by atoms with van der Waals surface area (Å²) < 4.78 is 23.3. The quantitative estimate of drug-likeness (QED) is 0.655. The van der Waals surface area contributed by atoms with Gasteiger partial charge in [-0.25, -0.2) is 0 Å². The maximum Gasteiger partial charge on any atom is 0.304 e. The van der Waals surface area contributed by atoms with Gasteiger partial charge < -0.3 is 24.1 Å². The van der Waals surface area contributed by atoms with E-state index in [1.54, 1.807) is 6.92 Å². The van der Waals surface area contributed by atoms with E-state index in [2.05, 4.69) is 11.8 Å². The number of carbonyl (C=O) groups is 1. The predicted octanol–water partition coefficient (Wildman–Crippen LogP) is 4.27. The van der Waals surface area contributed by atoms with Crippen molar-refractivity contribution in [3.05, 3.63) is 48.0 Å². The van der Waals surface area contributed by atoms with E-state index in [9.17, 15) is 4.79 Å². The Morgan fingerprint density at radius 2 is 1.90 bits per heavy atom. The van der Waals surface area contributed by atoms with E-state index in [1.807, 2.05) is 56.3 Å². The van der Waals surface area contributed by atoms with Gasteiger partial charge in [-0.1, -0.05) is 18.1 Å². The molecule has 0 bridgehead atoms. The predicted molar refractivity (Wildman–Crippen MR) is 112 cm³/mol. The van der Waals surface area contributed by atoms with Crippen LogP contribution < -0.4 is 18.9 Å². The molecule has 0 saturated carbocycles. The van der Waals surface area contributed by atoms with Crippen molar-refractivity contribution in [1.29, 1.82) is 0 Å². The number of carboxylic acid groups (broad SMARTS) is 1. The van der Waals surface area contributed by atoms with Crippen molar-refractivity contribution in [2.75, 3.05) is 13.2 Å². The molecule has 0 fully saturated rings. The highest BCUT2D eigenvalue weighted by Gasteiger charge is 2.22. The van der Waals surface area contributed by atoms with Crippen molar-refractivity contribution < 1.29 is 28.8 Å². The lowest BCUT2D eigenvalue weighted by molar-refractivity contribution is -0.137. The van der Waals surface area contributed by atoms with Crippen LogP contribution in [0.4, 0.5) is 0 Å². The van der Waals surface area contributed by atoms with Crippen molar-refractivity contribution in [1.82, 2.24) is 0 Å². The van der Waals surface area contributed by atoms with Gasteiger partial charge in [-0.05, 0) is 50.6 Å². The van der Waals surface area contributed by atoms with Crippen LogP contribution in [0.25, 0.3) is 0 Å². The summed E-state index contributed by atoms with van der Waals surface area (Å²) in [4.78, 5) is 11.0. The van der Waals surface area contributed by atoms with Gasteiger partial charge in [-0.2, -0.15) is 0 Å². The first kappa shape index (κ1) is 21.4. The van der Waals surface area contributed by atoms with Crippen LogP contribution in [-0.4, -0.2) is 36.5 Å². The van der Waals surface area contributed by atoms with Gasteiger partial charge >= 0.3 is 5.97 Å². The molecule has 2 atom stereocenters. The summed E-state index contributed by atoms with van der Waals surface area (Å²) in [7, 11) is 0. The Balaban J connectivity index is 1.58. The van der Waals surface area contributed by atoms with Gasteiger partial charge in [0.1, 0.15) is 24.7 Å². The molecule has 0 unspecified atom stereocenters. The number of ether oxygens (including phenoxy) is 4. The Kier molecular flexibility index (Phi) is 7.08. The standard InChI is InChI=1S/C24H26O6/c1-4-5-18(12-24(25)26)17-6-8-19(9-7-17)27-14-21-15-28-22-11-10-20(29-16(2)3)13-23(22)30-21/h6-11,13,16,18,21H,12,14-15H2,1-3H3,(H,25,26)/t18-,21-/m0/s1. The number of fused-ring (bicyclic) bond motifs is 1. The average Bonchev–Trinajstić information content (AvgIpc) is 2.71. The highest BCUT2D eigenvalue weighted by atomic mass is 16.6. The summed E-state index contributed by atoms with van der Waals surface area (Å²) in [5, 5.41) is 9.06. The second-order valence-corrected chi connectivity index (χ2v) is 7.25. The van der Waals surface area contributed by atoms with Gasteiger partial charge in [0.15, 0.2) is 17.6 Å². The molecule has 1 aliphatic heterocycles. The fraction of sp³-hybridized carbons (Fsp3) is 0.375. The summed E-state index contributed by atoms with van der Waals surface area (Å²) >= 11 is 0. The molecular weight excluding hydrogens is 384 g/mol. The lowest BCUT2D eigenvalue weighted by Crippen LogP contribution is -2.34. The van der Waals surface area contributed by atoms with Crippen molar-refractivity contribution in [2.45, 2.75) is 45.3 Å². The molecule has 0 saturated heterocycles. The largest absolute Gasteiger partial charge is 0.491 e. The first-order chi connectivity index (χ1) is 14.4. The van der Waals surface area contributed by atoms with E-state index in [0.29, 0.717) is 30.5 Å². The Labute approximate surface area is 176 Å². The third-order valence-electron chi connectivity index (χ3n) is 4.42. The number of benzene rings is 2. The maximum absolute atomic E-state index is 11.0. The van der Waals surface area contributed by atoms with Gasteiger partial charge in [0, 0.05) is 6.07 Å². The zero-order chi connectivity index (χ0) is 21.5.